The van der Waals surface area contributed by atoms with Crippen molar-refractivity contribution in [3.05, 3.63) is 58.7 Å². The van der Waals surface area contributed by atoms with Gasteiger partial charge in [-0.3, -0.25) is 4.79 Å². The van der Waals surface area contributed by atoms with E-state index in [1.807, 2.05) is 45.2 Å². The van der Waals surface area contributed by atoms with Crippen molar-refractivity contribution in [3.8, 4) is 0 Å². The summed E-state index contributed by atoms with van der Waals surface area (Å²) in [4.78, 5) is 28.9. The van der Waals surface area contributed by atoms with E-state index in [9.17, 15) is 23.1 Å². The van der Waals surface area contributed by atoms with E-state index in [1.165, 1.54) is 4.90 Å². The second-order valence-electron chi connectivity index (χ2n) is 15.2. The number of anilines is 1. The molecule has 5 rings (SSSR count). The number of amides is 2. The summed E-state index contributed by atoms with van der Waals surface area (Å²) in [6, 6.07) is 9.57. The molecule has 1 unspecified atom stereocenters. The largest absolute Gasteiger partial charge is 0.465 e. The van der Waals surface area contributed by atoms with Gasteiger partial charge in [-0.05, 0) is 70.3 Å². The van der Waals surface area contributed by atoms with Crippen LogP contribution in [0.3, 0.4) is 0 Å². The molecular weight excluding hydrogens is 652 g/mol. The fourth-order valence-electron chi connectivity index (χ4n) is 8.71. The second kappa shape index (κ2) is 12.5. The Labute approximate surface area is 285 Å². The summed E-state index contributed by atoms with van der Waals surface area (Å²) in [7, 11) is -6.27. The zero-order valence-electron chi connectivity index (χ0n) is 29.0. The first-order valence-electron chi connectivity index (χ1n) is 16.6. The van der Waals surface area contributed by atoms with Gasteiger partial charge in [0, 0.05) is 35.9 Å². The minimum atomic E-state index is -4.04. The van der Waals surface area contributed by atoms with Crippen molar-refractivity contribution in [2.24, 2.45) is 5.41 Å². The quantitative estimate of drug-likeness (QED) is 0.231. The number of carbonyl (C=O) groups is 2. The fourth-order valence-corrected chi connectivity index (χ4v) is 16.9. The lowest BCUT2D eigenvalue weighted by atomic mass is 9.77. The van der Waals surface area contributed by atoms with E-state index in [2.05, 4.69) is 50.5 Å². The van der Waals surface area contributed by atoms with Crippen LogP contribution in [0.2, 0.25) is 21.6 Å². The maximum atomic E-state index is 13.8. The predicted octanol–water partition coefficient (Wildman–Crippen LogP) is 8.03. The zero-order chi connectivity index (χ0) is 34.8. The van der Waals surface area contributed by atoms with Crippen LogP contribution in [-0.4, -0.2) is 62.0 Å². The lowest BCUT2D eigenvalue weighted by Gasteiger charge is -2.44. The summed E-state index contributed by atoms with van der Waals surface area (Å²) >= 11 is 6.75. The van der Waals surface area contributed by atoms with Crippen molar-refractivity contribution in [3.63, 3.8) is 0 Å². The van der Waals surface area contributed by atoms with Crippen LogP contribution >= 0.6 is 11.6 Å². The summed E-state index contributed by atoms with van der Waals surface area (Å²) in [6.07, 6.45) is 1.92. The molecule has 47 heavy (non-hydrogen) atoms. The van der Waals surface area contributed by atoms with Crippen LogP contribution < -0.4 is 9.62 Å². The van der Waals surface area contributed by atoms with Gasteiger partial charge in [-0.2, -0.15) is 4.72 Å². The van der Waals surface area contributed by atoms with Crippen LogP contribution in [0.5, 0.6) is 0 Å². The molecule has 0 aliphatic carbocycles. The second-order valence-corrected chi connectivity index (χ2v) is 23.0. The molecule has 2 aliphatic rings. The lowest BCUT2D eigenvalue weighted by molar-refractivity contribution is -0.118. The average molecular weight is 701 g/mol. The molecule has 2 aromatic carbocycles. The Kier molecular flexibility index (Phi) is 9.46. The number of hydrogen-bond acceptors (Lipinski definition) is 4. The van der Waals surface area contributed by atoms with Crippen molar-refractivity contribution in [2.45, 2.75) is 109 Å². The van der Waals surface area contributed by atoms with E-state index in [0.29, 0.717) is 53.3 Å². The molecule has 0 spiro atoms. The monoisotopic (exact) mass is 700 g/mol. The molecule has 2 N–H and O–H groups in total. The highest BCUT2D eigenvalue weighted by molar-refractivity contribution is 7.89. The molecule has 2 aliphatic heterocycles. The minimum Gasteiger partial charge on any atom is -0.465 e. The highest BCUT2D eigenvalue weighted by Gasteiger charge is 2.46. The maximum Gasteiger partial charge on any atom is 0.407 e. The Morgan fingerprint density at radius 2 is 1.64 bits per heavy atom. The standard InChI is InChI=1S/C35H49ClN4O5SSi/c1-21(2)47(22(3)4,23(5)6)40-20-29(36)28-13-11-26(19-31(28)40)46(44,45)37-30-15-17-38(33(30)41)25-10-12-27-24(18-25)14-16-39(34(42)43)32(27)35(7,8)9/h10-13,18-23,30,32,37H,14-17H2,1-9H3,(H,42,43)/t30-,32?/m0/s1. The molecule has 3 heterocycles. The molecule has 0 bridgehead atoms. The summed E-state index contributed by atoms with van der Waals surface area (Å²) in [5.41, 5.74) is 4.28. The van der Waals surface area contributed by atoms with Gasteiger partial charge in [0.1, 0.15) is 6.04 Å². The van der Waals surface area contributed by atoms with Crippen molar-refractivity contribution in [2.75, 3.05) is 18.0 Å². The number of nitrogens with zero attached hydrogens (tertiary/aromatic N) is 3. The van der Waals surface area contributed by atoms with Crippen LogP contribution in [0.25, 0.3) is 10.9 Å². The van der Waals surface area contributed by atoms with Crippen molar-refractivity contribution in [1.82, 2.24) is 13.9 Å². The lowest BCUT2D eigenvalue weighted by Crippen LogP contribution is -2.51. The van der Waals surface area contributed by atoms with Gasteiger partial charge in [0.2, 0.25) is 15.9 Å². The predicted molar refractivity (Wildman–Crippen MR) is 192 cm³/mol. The Morgan fingerprint density at radius 3 is 2.21 bits per heavy atom. The number of rotatable bonds is 8. The summed E-state index contributed by atoms with van der Waals surface area (Å²) in [5.74, 6) is -0.304. The molecule has 12 heteroatoms. The summed E-state index contributed by atoms with van der Waals surface area (Å²) in [6.45, 7) is 20.3. The van der Waals surface area contributed by atoms with E-state index >= 15 is 0 Å². The van der Waals surface area contributed by atoms with Gasteiger partial charge < -0.3 is 19.1 Å². The molecule has 2 amide bonds. The minimum absolute atomic E-state index is 0.108. The molecule has 9 nitrogen and oxygen atoms in total. The number of carboxylic acid groups (broad SMARTS) is 1. The van der Waals surface area contributed by atoms with Gasteiger partial charge in [0.25, 0.3) is 0 Å². The molecule has 1 aromatic heterocycles. The Balaban J connectivity index is 1.43. The molecular formula is C35H49ClN4O5SSi. The number of halogens is 1. The van der Waals surface area contributed by atoms with Crippen LogP contribution in [0.15, 0.2) is 47.5 Å². The molecule has 2 atom stereocenters. The number of hydrogen-bond donors (Lipinski definition) is 2. The highest BCUT2D eigenvalue weighted by Crippen LogP contribution is 2.46. The molecule has 1 saturated heterocycles. The van der Waals surface area contributed by atoms with Gasteiger partial charge in [0.05, 0.1) is 16.0 Å². The van der Waals surface area contributed by atoms with Gasteiger partial charge >= 0.3 is 6.09 Å². The maximum absolute atomic E-state index is 13.8. The Bertz CT molecular complexity index is 1790. The smallest absolute Gasteiger partial charge is 0.407 e. The number of benzene rings is 2. The molecule has 0 saturated carbocycles. The third-order valence-electron chi connectivity index (χ3n) is 10.5. The SMILES string of the molecule is CC(C)[Si](C(C)C)(C(C)C)n1cc(Cl)c2ccc(S(=O)(=O)N[C@H]3CCN(c4ccc5c(c4)CCN(C(=O)O)C5C(C)(C)C)C3=O)cc21. The summed E-state index contributed by atoms with van der Waals surface area (Å²) < 4.78 is 32.7. The van der Waals surface area contributed by atoms with Gasteiger partial charge in [-0.1, -0.05) is 86.0 Å². The molecule has 1 fully saturated rings. The highest BCUT2D eigenvalue weighted by atomic mass is 35.5. The van der Waals surface area contributed by atoms with Crippen molar-refractivity contribution in [1.29, 1.82) is 0 Å². The molecule has 3 aromatic rings. The van der Waals surface area contributed by atoms with Crippen molar-refractivity contribution >= 4 is 58.5 Å². The van der Waals surface area contributed by atoms with Gasteiger partial charge in [-0.15, -0.1) is 0 Å². The topological polar surface area (TPSA) is 112 Å². The van der Waals surface area contributed by atoms with Crippen LogP contribution in [0, 0.1) is 5.41 Å². The first-order valence-corrected chi connectivity index (χ1v) is 20.6. The molecule has 256 valence electrons. The number of nitrogens with one attached hydrogen (secondary N) is 1. The van der Waals surface area contributed by atoms with E-state index in [-0.39, 0.29) is 22.3 Å². The Morgan fingerprint density at radius 1 is 1.00 bits per heavy atom. The normalized spacial score (nSPS) is 19.5. The van der Waals surface area contributed by atoms with Gasteiger partial charge in [-0.25, -0.2) is 13.2 Å². The van der Waals surface area contributed by atoms with Gasteiger partial charge in [0.15, 0.2) is 8.24 Å². The fraction of sp³-hybridized carbons (Fsp3) is 0.543. The van der Waals surface area contributed by atoms with Crippen LogP contribution in [0.1, 0.15) is 85.9 Å². The van der Waals surface area contributed by atoms with E-state index in [4.69, 9.17) is 11.6 Å². The van der Waals surface area contributed by atoms with E-state index in [0.717, 1.165) is 22.0 Å². The number of fused-ring (bicyclic) bond motifs is 2. The Hall–Kier alpha value is -2.86. The summed E-state index contributed by atoms with van der Waals surface area (Å²) in [5, 5.41) is 11.3. The average Bonchev–Trinajstić information content (AvgIpc) is 3.49. The van der Waals surface area contributed by atoms with Crippen molar-refractivity contribution < 1.29 is 23.1 Å². The zero-order valence-corrected chi connectivity index (χ0v) is 31.5. The third-order valence-corrected chi connectivity index (χ3v) is 19.0. The number of aromatic nitrogens is 1. The van der Waals surface area contributed by atoms with E-state index in [1.54, 1.807) is 23.1 Å². The third kappa shape index (κ3) is 6.02. The number of carbonyl (C=O) groups excluding carboxylic acids is 1. The number of sulfonamides is 1. The van der Waals surface area contributed by atoms with Crippen LogP contribution in [-0.2, 0) is 21.2 Å². The first kappa shape index (κ1) is 35.4. The molecule has 0 radical (unpaired) electrons. The first-order chi connectivity index (χ1) is 21.8. The van der Waals surface area contributed by atoms with E-state index < -0.39 is 30.4 Å². The van der Waals surface area contributed by atoms with Crippen LogP contribution in [0.4, 0.5) is 10.5 Å².